The smallest absolute Gasteiger partial charge is 0.255 e. The standard InChI is InChI=1S/C19H23N3O/c1-15-7-6-8-17(11-15)21-18-12-16(13-20-14-18)19(23)22-9-4-2-3-5-10-22/h6-8,11-14,21H,2-5,9-10H2,1H3. The lowest BCUT2D eigenvalue weighted by atomic mass is 10.2. The highest BCUT2D eigenvalue weighted by atomic mass is 16.2. The van der Waals surface area contributed by atoms with Crippen LogP contribution in [-0.4, -0.2) is 28.9 Å². The van der Waals surface area contributed by atoms with Gasteiger partial charge in [0.2, 0.25) is 0 Å². The van der Waals surface area contributed by atoms with Gasteiger partial charge >= 0.3 is 0 Å². The number of nitrogens with one attached hydrogen (secondary N) is 1. The Kier molecular flexibility index (Phi) is 4.91. The van der Waals surface area contributed by atoms with Crippen LogP contribution in [0.3, 0.4) is 0 Å². The molecule has 1 aliphatic heterocycles. The van der Waals surface area contributed by atoms with Crippen LogP contribution < -0.4 is 5.32 Å². The van der Waals surface area contributed by atoms with Gasteiger partial charge in [-0.3, -0.25) is 9.78 Å². The van der Waals surface area contributed by atoms with Crippen LogP contribution in [0.1, 0.15) is 41.6 Å². The van der Waals surface area contributed by atoms with Gasteiger partial charge in [-0.15, -0.1) is 0 Å². The summed E-state index contributed by atoms with van der Waals surface area (Å²) in [4.78, 5) is 18.9. The van der Waals surface area contributed by atoms with E-state index >= 15 is 0 Å². The van der Waals surface area contributed by atoms with E-state index in [1.807, 2.05) is 23.1 Å². The predicted molar refractivity (Wildman–Crippen MR) is 93.1 cm³/mol. The van der Waals surface area contributed by atoms with E-state index in [4.69, 9.17) is 0 Å². The van der Waals surface area contributed by atoms with Crippen LogP contribution in [0.25, 0.3) is 0 Å². The molecule has 1 aromatic heterocycles. The molecule has 2 heterocycles. The molecule has 1 saturated heterocycles. The third kappa shape index (κ3) is 4.09. The van der Waals surface area contributed by atoms with Crippen molar-refractivity contribution in [1.29, 1.82) is 0 Å². The number of carbonyl (C=O) groups is 1. The summed E-state index contributed by atoms with van der Waals surface area (Å²) >= 11 is 0. The quantitative estimate of drug-likeness (QED) is 0.926. The monoisotopic (exact) mass is 309 g/mol. The zero-order valence-corrected chi connectivity index (χ0v) is 13.6. The normalized spacial score (nSPS) is 15.1. The molecule has 1 aliphatic rings. The molecular weight excluding hydrogens is 286 g/mol. The number of rotatable bonds is 3. The predicted octanol–water partition coefficient (Wildman–Crippen LogP) is 4.15. The summed E-state index contributed by atoms with van der Waals surface area (Å²) < 4.78 is 0. The molecule has 0 unspecified atom stereocenters. The zero-order chi connectivity index (χ0) is 16.1. The highest BCUT2D eigenvalue weighted by Crippen LogP contribution is 2.19. The number of pyridine rings is 1. The minimum Gasteiger partial charge on any atom is -0.354 e. The molecule has 1 aromatic carbocycles. The number of aryl methyl sites for hydroxylation is 1. The number of likely N-dealkylation sites (tertiary alicyclic amines) is 1. The second-order valence-corrected chi connectivity index (χ2v) is 6.16. The van der Waals surface area contributed by atoms with Crippen molar-refractivity contribution in [2.24, 2.45) is 0 Å². The topological polar surface area (TPSA) is 45.2 Å². The van der Waals surface area contributed by atoms with Crippen LogP contribution in [0.4, 0.5) is 11.4 Å². The maximum Gasteiger partial charge on any atom is 0.255 e. The van der Waals surface area contributed by atoms with E-state index in [-0.39, 0.29) is 5.91 Å². The van der Waals surface area contributed by atoms with E-state index in [2.05, 4.69) is 29.4 Å². The van der Waals surface area contributed by atoms with Crippen LogP contribution in [0, 0.1) is 6.92 Å². The van der Waals surface area contributed by atoms with E-state index in [0.29, 0.717) is 5.56 Å². The number of amides is 1. The SMILES string of the molecule is Cc1cccc(Nc2cncc(C(=O)N3CCCCCC3)c2)c1. The van der Waals surface area contributed by atoms with Gasteiger partial charge in [0.1, 0.15) is 0 Å². The Bertz CT molecular complexity index is 676. The average Bonchev–Trinajstić information content (AvgIpc) is 2.84. The Morgan fingerprint density at radius 3 is 2.57 bits per heavy atom. The molecule has 1 N–H and O–H groups in total. The third-order valence-corrected chi connectivity index (χ3v) is 4.19. The minimum atomic E-state index is 0.0901. The molecule has 0 radical (unpaired) electrons. The second kappa shape index (κ2) is 7.27. The van der Waals surface area contributed by atoms with Crippen molar-refractivity contribution >= 4 is 17.3 Å². The van der Waals surface area contributed by atoms with Gasteiger partial charge in [-0.2, -0.15) is 0 Å². The van der Waals surface area contributed by atoms with Gasteiger partial charge in [0.05, 0.1) is 17.4 Å². The molecule has 4 nitrogen and oxygen atoms in total. The van der Waals surface area contributed by atoms with Crippen LogP contribution in [0.5, 0.6) is 0 Å². The highest BCUT2D eigenvalue weighted by Gasteiger charge is 2.17. The van der Waals surface area contributed by atoms with E-state index in [0.717, 1.165) is 37.3 Å². The van der Waals surface area contributed by atoms with Gasteiger partial charge in [-0.25, -0.2) is 0 Å². The van der Waals surface area contributed by atoms with Gasteiger partial charge < -0.3 is 10.2 Å². The van der Waals surface area contributed by atoms with Crippen molar-refractivity contribution in [2.75, 3.05) is 18.4 Å². The van der Waals surface area contributed by atoms with Crippen molar-refractivity contribution in [1.82, 2.24) is 9.88 Å². The first kappa shape index (κ1) is 15.5. The summed E-state index contributed by atoms with van der Waals surface area (Å²) in [5.41, 5.74) is 3.70. The number of nitrogens with zero attached hydrogens (tertiary/aromatic N) is 2. The number of carbonyl (C=O) groups excluding carboxylic acids is 1. The Labute approximate surface area is 137 Å². The summed E-state index contributed by atoms with van der Waals surface area (Å²) in [6, 6.07) is 10.0. The Balaban J connectivity index is 1.75. The maximum absolute atomic E-state index is 12.7. The van der Waals surface area contributed by atoms with Gasteiger partial charge in [0.25, 0.3) is 5.91 Å². The van der Waals surface area contributed by atoms with E-state index < -0.39 is 0 Å². The number of hydrogen-bond donors (Lipinski definition) is 1. The molecule has 0 aliphatic carbocycles. The van der Waals surface area contributed by atoms with E-state index in [1.54, 1.807) is 12.4 Å². The van der Waals surface area contributed by atoms with Gasteiger partial charge in [-0.1, -0.05) is 25.0 Å². The second-order valence-electron chi connectivity index (χ2n) is 6.16. The summed E-state index contributed by atoms with van der Waals surface area (Å²) in [6.45, 7) is 3.77. The molecule has 0 saturated carbocycles. The van der Waals surface area contributed by atoms with Crippen molar-refractivity contribution in [2.45, 2.75) is 32.6 Å². The van der Waals surface area contributed by atoms with Crippen LogP contribution in [-0.2, 0) is 0 Å². The fourth-order valence-electron chi connectivity index (χ4n) is 2.97. The number of aromatic nitrogens is 1. The fourth-order valence-corrected chi connectivity index (χ4v) is 2.97. The molecule has 0 bridgehead atoms. The van der Waals surface area contributed by atoms with Crippen LogP contribution in [0.15, 0.2) is 42.7 Å². The number of benzene rings is 1. The average molecular weight is 309 g/mol. The molecule has 2 aromatic rings. The zero-order valence-electron chi connectivity index (χ0n) is 13.6. The van der Waals surface area contributed by atoms with Crippen molar-refractivity contribution in [3.8, 4) is 0 Å². The summed E-state index contributed by atoms with van der Waals surface area (Å²) in [7, 11) is 0. The van der Waals surface area contributed by atoms with Crippen LogP contribution >= 0.6 is 0 Å². The van der Waals surface area contributed by atoms with Gasteiger partial charge in [0.15, 0.2) is 0 Å². The van der Waals surface area contributed by atoms with Crippen molar-refractivity contribution in [3.63, 3.8) is 0 Å². The molecule has 1 amide bonds. The lowest BCUT2D eigenvalue weighted by Crippen LogP contribution is -2.31. The van der Waals surface area contributed by atoms with Crippen LogP contribution in [0.2, 0.25) is 0 Å². The lowest BCUT2D eigenvalue weighted by Gasteiger charge is -2.20. The lowest BCUT2D eigenvalue weighted by molar-refractivity contribution is 0.0761. The molecule has 120 valence electrons. The Morgan fingerprint density at radius 2 is 1.83 bits per heavy atom. The number of hydrogen-bond acceptors (Lipinski definition) is 3. The van der Waals surface area contributed by atoms with Crippen molar-refractivity contribution in [3.05, 3.63) is 53.9 Å². The molecular formula is C19H23N3O. The van der Waals surface area contributed by atoms with Gasteiger partial charge in [0, 0.05) is 25.0 Å². The molecule has 3 rings (SSSR count). The summed E-state index contributed by atoms with van der Waals surface area (Å²) in [5.74, 6) is 0.0901. The first-order chi connectivity index (χ1) is 11.2. The molecule has 0 spiro atoms. The Morgan fingerprint density at radius 1 is 1.04 bits per heavy atom. The molecule has 4 heteroatoms. The van der Waals surface area contributed by atoms with Crippen molar-refractivity contribution < 1.29 is 4.79 Å². The fraction of sp³-hybridized carbons (Fsp3) is 0.368. The molecule has 0 atom stereocenters. The largest absolute Gasteiger partial charge is 0.354 e. The summed E-state index contributed by atoms with van der Waals surface area (Å²) in [6.07, 6.45) is 8.05. The minimum absolute atomic E-state index is 0.0901. The maximum atomic E-state index is 12.7. The first-order valence-electron chi connectivity index (χ1n) is 8.30. The molecule has 23 heavy (non-hydrogen) atoms. The Hall–Kier alpha value is -2.36. The van der Waals surface area contributed by atoms with E-state index in [1.165, 1.54) is 18.4 Å². The molecule has 1 fully saturated rings. The number of anilines is 2. The highest BCUT2D eigenvalue weighted by molar-refractivity contribution is 5.95. The third-order valence-electron chi connectivity index (χ3n) is 4.19. The van der Waals surface area contributed by atoms with E-state index in [9.17, 15) is 4.79 Å². The van der Waals surface area contributed by atoms with Gasteiger partial charge in [-0.05, 0) is 43.5 Å². The summed E-state index contributed by atoms with van der Waals surface area (Å²) in [5, 5.41) is 3.32. The first-order valence-corrected chi connectivity index (χ1v) is 8.30.